The maximum absolute atomic E-state index is 10.7. The second-order valence-corrected chi connectivity index (χ2v) is 13.3. The van der Waals surface area contributed by atoms with E-state index in [-0.39, 0.29) is 18.6 Å². The van der Waals surface area contributed by atoms with E-state index in [1.165, 1.54) is 0 Å². The minimum absolute atomic E-state index is 0. The van der Waals surface area contributed by atoms with E-state index in [0.29, 0.717) is 0 Å². The summed E-state index contributed by atoms with van der Waals surface area (Å²) in [7, 11) is -10.7. The molecule has 263 valence electrons. The van der Waals surface area contributed by atoms with Gasteiger partial charge in [-0.2, -0.15) is 0 Å². The summed E-state index contributed by atoms with van der Waals surface area (Å²) in [5.41, 5.74) is 5.91. The number of benzene rings is 1. The summed E-state index contributed by atoms with van der Waals surface area (Å²) in [6.07, 6.45) is 8.82. The molecule has 7 rings (SSSR count). The molecule has 0 spiro atoms. The van der Waals surface area contributed by atoms with Gasteiger partial charge in [-0.05, 0) is 85.5 Å². The molecule has 0 saturated carbocycles. The van der Waals surface area contributed by atoms with Crippen molar-refractivity contribution in [1.82, 2.24) is 34.9 Å². The van der Waals surface area contributed by atoms with Gasteiger partial charge in [-0.1, -0.05) is 60.9 Å². The van der Waals surface area contributed by atoms with Crippen molar-refractivity contribution >= 4 is 18.8 Å². The Balaban J connectivity index is 0.000000282. The van der Waals surface area contributed by atoms with E-state index in [1.54, 1.807) is 6.33 Å². The van der Waals surface area contributed by atoms with Crippen LogP contribution in [0.15, 0.2) is 146 Å². The third-order valence-corrected chi connectivity index (χ3v) is 7.76. The van der Waals surface area contributed by atoms with Gasteiger partial charge >= 0.3 is 33.0 Å². The fourth-order valence-electron chi connectivity index (χ4n) is 5.25. The molecule has 6 heterocycles. The molecule has 0 bridgehead atoms. The normalized spacial score (nSPS) is 12.9. The van der Waals surface area contributed by atoms with E-state index in [2.05, 4.69) is 23.8 Å². The molecule has 0 atom stereocenters. The van der Waals surface area contributed by atoms with Crippen molar-refractivity contribution in [3.63, 3.8) is 0 Å². The summed E-state index contributed by atoms with van der Waals surface area (Å²) in [4.78, 5) is 32.1. The number of halogens is 6. The van der Waals surface area contributed by atoms with Gasteiger partial charge < -0.3 is 9.97 Å². The van der Waals surface area contributed by atoms with Crippen LogP contribution >= 0.6 is 7.81 Å². The van der Waals surface area contributed by atoms with Gasteiger partial charge in [0.05, 0.1) is 45.0 Å². The van der Waals surface area contributed by atoms with Crippen molar-refractivity contribution in [2.75, 3.05) is 0 Å². The van der Waals surface area contributed by atoms with Crippen molar-refractivity contribution in [1.29, 1.82) is 0 Å². The Kier molecular flexibility index (Phi) is 11.2. The van der Waals surface area contributed by atoms with E-state index in [9.17, 15) is 25.2 Å². The molecule has 1 radical (unpaired) electrons. The minimum atomic E-state index is -10.7. The van der Waals surface area contributed by atoms with E-state index < -0.39 is 18.6 Å². The predicted molar refractivity (Wildman–Crippen MR) is 181 cm³/mol. The van der Waals surface area contributed by atoms with Gasteiger partial charge in [-0.3, -0.25) is 24.9 Å². The first-order valence-electron chi connectivity index (χ1n) is 15.1. The average Bonchev–Trinajstić information content (AvgIpc) is 3.61. The zero-order valence-corrected chi connectivity index (χ0v) is 29.4. The van der Waals surface area contributed by atoms with Crippen LogP contribution in [0.2, 0.25) is 0 Å². The predicted octanol–water partition coefficient (Wildman–Crippen LogP) is 9.94. The standard InChI is InChI=1S/C29H25N5.C7H5N2.F6P.V/c1-28(22-12-3-7-18-30-22,23-13-4-8-19-31-23)26-16-11-17-27(34-26)29(2,24-14-5-9-20-32-24)25-15-6-10-21-33-25;1-2-4-7-6(3-1)8-5-9-7;1-7(2,3,4,5)6;/h3-21H,1-2H3;1-5H;;/q;2*-1;. The van der Waals surface area contributed by atoms with Crippen LogP contribution in [0.1, 0.15) is 48.0 Å². The summed E-state index contributed by atoms with van der Waals surface area (Å²) in [5, 5.41) is 0. The van der Waals surface area contributed by atoms with Gasteiger partial charge in [-0.15, -0.1) is 0 Å². The topological polar surface area (TPSA) is 91.4 Å². The van der Waals surface area contributed by atoms with Crippen LogP contribution in [0.4, 0.5) is 25.2 Å². The molecular weight excluding hydrogens is 726 g/mol. The third-order valence-electron chi connectivity index (χ3n) is 7.76. The summed E-state index contributed by atoms with van der Waals surface area (Å²) >= 11 is 0. The van der Waals surface area contributed by atoms with Crippen LogP contribution in [0.5, 0.6) is 0 Å². The maximum Gasteiger partial charge on any atom is 0 e. The zero-order valence-electron chi connectivity index (χ0n) is 27.1. The number of fused-ring (bicyclic) bond motifs is 1. The van der Waals surface area contributed by atoms with Gasteiger partial charge in [-0.25, -0.2) is 0 Å². The van der Waals surface area contributed by atoms with Crippen molar-refractivity contribution in [2.45, 2.75) is 24.7 Å². The molecule has 0 aliphatic heterocycles. The molecule has 7 nitrogen and oxygen atoms in total. The maximum atomic E-state index is 9.87. The SMILES string of the molecule is CC(c1ccccn1)(c1ccccn1)c1cccc(C(C)(c2ccccn2)c2ccccn2)n1.F[P-](F)(F)(F)(F)F.[V].c1ccc2[n-]cnc2c1. The molecule has 0 fully saturated rings. The second kappa shape index (κ2) is 14.7. The van der Waals surface area contributed by atoms with Crippen molar-refractivity contribution in [3.05, 3.63) is 181 Å². The number of hydrogen-bond acceptors (Lipinski definition) is 6. The molecule has 0 aliphatic rings. The Bertz CT molecular complexity index is 1920. The molecule has 15 heteroatoms. The molecule has 7 aromatic rings. The van der Waals surface area contributed by atoms with Crippen molar-refractivity contribution < 1.29 is 43.7 Å². The summed E-state index contributed by atoms with van der Waals surface area (Å²) < 4.78 is 59.2. The zero-order chi connectivity index (χ0) is 35.9. The Labute approximate surface area is 301 Å². The Morgan fingerprint density at radius 3 is 1.12 bits per heavy atom. The van der Waals surface area contributed by atoms with Crippen LogP contribution in [-0.4, -0.2) is 29.9 Å². The number of nitrogens with zero attached hydrogens (tertiary/aromatic N) is 7. The van der Waals surface area contributed by atoms with E-state index >= 15 is 0 Å². The number of imidazole rings is 1. The van der Waals surface area contributed by atoms with Crippen LogP contribution in [0, 0.1) is 0 Å². The van der Waals surface area contributed by atoms with E-state index in [0.717, 1.165) is 45.2 Å². The fraction of sp³-hybridized carbons (Fsp3) is 0.111. The monoisotopic (exact) mass is 756 g/mol. The van der Waals surface area contributed by atoms with Crippen molar-refractivity contribution in [2.24, 2.45) is 0 Å². The van der Waals surface area contributed by atoms with Gasteiger partial charge in [0.2, 0.25) is 0 Å². The first-order chi connectivity index (χ1) is 23.5. The van der Waals surface area contributed by atoms with Crippen LogP contribution in [0.25, 0.3) is 11.0 Å². The molecule has 0 saturated heterocycles. The van der Waals surface area contributed by atoms with Crippen molar-refractivity contribution in [3.8, 4) is 0 Å². The minimum Gasteiger partial charge on any atom is -0.443 e. The molecule has 51 heavy (non-hydrogen) atoms. The van der Waals surface area contributed by atoms with E-state index in [4.69, 9.17) is 24.9 Å². The first-order valence-corrected chi connectivity index (χ1v) is 17.1. The Morgan fingerprint density at radius 2 is 0.784 bits per heavy atom. The number of pyridine rings is 5. The molecule has 0 unspecified atom stereocenters. The van der Waals surface area contributed by atoms with Gasteiger partial charge in [0.15, 0.2) is 0 Å². The molecule has 1 aromatic carbocycles. The summed E-state index contributed by atoms with van der Waals surface area (Å²) in [5.74, 6) is 0. The quantitative estimate of drug-likeness (QED) is 0.123. The second-order valence-electron chi connectivity index (χ2n) is 11.3. The molecule has 0 aliphatic carbocycles. The average molecular weight is 757 g/mol. The number of hydrogen-bond donors (Lipinski definition) is 0. The Hall–Kier alpha value is -4.97. The molecule has 0 amide bonds. The summed E-state index contributed by atoms with van der Waals surface area (Å²) in [6.45, 7) is 4.26. The number of para-hydroxylation sites is 2. The molecule has 0 N–H and O–H groups in total. The number of rotatable bonds is 6. The largest absolute Gasteiger partial charge is 0.443 e. The van der Waals surface area contributed by atoms with Crippen LogP contribution in [-0.2, 0) is 29.4 Å². The van der Waals surface area contributed by atoms with Crippen LogP contribution in [0.3, 0.4) is 0 Å². The molecular formula is C36H30F6N7PV-2. The van der Waals surface area contributed by atoms with Gasteiger partial charge in [0, 0.05) is 43.3 Å². The van der Waals surface area contributed by atoms with Crippen LogP contribution < -0.4 is 4.98 Å². The smallest absolute Gasteiger partial charge is 0 e. The number of aromatic nitrogens is 7. The summed E-state index contributed by atoms with van der Waals surface area (Å²) in [6, 6.07) is 37.7. The third kappa shape index (κ3) is 10.3. The fourth-order valence-corrected chi connectivity index (χ4v) is 5.25. The molecule has 6 aromatic heterocycles. The van der Waals surface area contributed by atoms with Gasteiger partial charge in [0.25, 0.3) is 0 Å². The van der Waals surface area contributed by atoms with Gasteiger partial charge in [0.1, 0.15) is 0 Å². The Morgan fingerprint density at radius 1 is 0.451 bits per heavy atom. The first kappa shape index (κ1) is 38.8. The van der Waals surface area contributed by atoms with E-state index in [1.807, 2.05) is 140 Å².